The summed E-state index contributed by atoms with van der Waals surface area (Å²) >= 11 is 0. The first-order valence-corrected chi connectivity index (χ1v) is 12.1. The van der Waals surface area contributed by atoms with E-state index in [0.29, 0.717) is 11.6 Å². The number of hydrogen-bond acceptors (Lipinski definition) is 2. The number of rotatable bonds is 10. The number of benzene rings is 3. The third-order valence-electron chi connectivity index (χ3n) is 5.95. The maximum Gasteiger partial charge on any atom is 0.461 e. The van der Waals surface area contributed by atoms with E-state index in [1.165, 1.54) is 24.3 Å². The van der Waals surface area contributed by atoms with Crippen LogP contribution in [0.4, 0.5) is 26.3 Å². The molecule has 3 aromatic rings. The molecule has 0 aliphatic heterocycles. The molecule has 0 bridgehead atoms. The lowest BCUT2D eigenvalue weighted by Crippen LogP contribution is -2.43. The standard InChI is InChI=1S/C26H25F6NO2S/c1-24(2,36(33)34)16-25(15-17-6-4-3-5-7-17,18-8-10-20(27)11-9-18)19-12-21(28)14-22(13-19)35-26(31,32)23(29)30/h3-14,23H,15-16,33H2,1-2H3/t25-,36?/m1/s1. The van der Waals surface area contributed by atoms with Crippen molar-refractivity contribution in [1.82, 2.24) is 0 Å². The van der Waals surface area contributed by atoms with Crippen LogP contribution in [0.3, 0.4) is 0 Å². The molecule has 2 atom stereocenters. The number of hydrogen-bond donors (Lipinski definition) is 1. The Balaban J connectivity index is 2.31. The first-order chi connectivity index (χ1) is 16.7. The average molecular weight is 530 g/mol. The minimum Gasteiger partial charge on any atom is -0.428 e. The van der Waals surface area contributed by atoms with Crippen molar-refractivity contribution in [2.75, 3.05) is 0 Å². The number of halogens is 6. The van der Waals surface area contributed by atoms with Gasteiger partial charge in [-0.3, -0.25) is 5.14 Å². The molecule has 3 nitrogen and oxygen atoms in total. The zero-order valence-corrected chi connectivity index (χ0v) is 20.3. The van der Waals surface area contributed by atoms with Gasteiger partial charge in [0.15, 0.2) is 0 Å². The summed E-state index contributed by atoms with van der Waals surface area (Å²) < 4.78 is 97.1. The van der Waals surface area contributed by atoms with Gasteiger partial charge in [-0.1, -0.05) is 42.5 Å². The van der Waals surface area contributed by atoms with E-state index in [1.807, 2.05) is 0 Å². The van der Waals surface area contributed by atoms with Crippen molar-refractivity contribution in [3.8, 4) is 5.75 Å². The Morgan fingerprint density at radius 2 is 1.50 bits per heavy atom. The van der Waals surface area contributed by atoms with Crippen LogP contribution in [0.15, 0.2) is 72.8 Å². The van der Waals surface area contributed by atoms with Crippen LogP contribution in [0.1, 0.15) is 37.0 Å². The topological polar surface area (TPSA) is 52.3 Å². The van der Waals surface area contributed by atoms with Crippen LogP contribution in [0.25, 0.3) is 0 Å². The van der Waals surface area contributed by atoms with Crippen molar-refractivity contribution in [3.05, 3.63) is 101 Å². The molecule has 3 rings (SSSR count). The smallest absolute Gasteiger partial charge is 0.428 e. The van der Waals surface area contributed by atoms with Crippen LogP contribution in [0.2, 0.25) is 0 Å². The third-order valence-corrected chi connectivity index (χ3v) is 7.18. The van der Waals surface area contributed by atoms with Crippen molar-refractivity contribution in [2.24, 2.45) is 5.14 Å². The van der Waals surface area contributed by atoms with Gasteiger partial charge in [0.05, 0.1) is 15.7 Å². The second kappa shape index (κ2) is 10.6. The third kappa shape index (κ3) is 6.28. The molecule has 1 unspecified atom stereocenters. The lowest BCUT2D eigenvalue weighted by atomic mass is 9.66. The number of alkyl halides is 4. The summed E-state index contributed by atoms with van der Waals surface area (Å²) in [7, 11) is -1.88. The normalized spacial score (nSPS) is 14.9. The monoisotopic (exact) mass is 529 g/mol. The average Bonchev–Trinajstić information content (AvgIpc) is 2.78. The molecule has 0 aliphatic rings. The van der Waals surface area contributed by atoms with Gasteiger partial charge in [0, 0.05) is 11.5 Å². The summed E-state index contributed by atoms with van der Waals surface area (Å²) in [6.07, 6.45) is -8.87. The van der Waals surface area contributed by atoms with Gasteiger partial charge in [-0.25, -0.2) is 13.0 Å². The Hall–Kier alpha value is -2.85. The van der Waals surface area contributed by atoms with Gasteiger partial charge >= 0.3 is 12.5 Å². The summed E-state index contributed by atoms with van der Waals surface area (Å²) in [5, 5.41) is 5.76. The second-order valence-corrected chi connectivity index (χ2v) is 10.8. The summed E-state index contributed by atoms with van der Waals surface area (Å²) in [4.78, 5) is 0. The molecule has 3 aromatic carbocycles. The van der Waals surface area contributed by atoms with Crippen LogP contribution < -0.4 is 9.88 Å². The molecular formula is C26H25F6NO2S. The van der Waals surface area contributed by atoms with Crippen LogP contribution in [0, 0.1) is 11.6 Å². The molecule has 0 saturated carbocycles. The molecule has 0 heterocycles. The molecular weight excluding hydrogens is 504 g/mol. The SMILES string of the molecule is CC(C)(C[C@](Cc1ccccc1)(c1ccc(F)cc1)c1cc(F)cc(OC(F)(F)C(F)F)c1)S(N)=O. The number of nitrogens with two attached hydrogens (primary N) is 1. The van der Waals surface area contributed by atoms with E-state index in [2.05, 4.69) is 4.74 Å². The van der Waals surface area contributed by atoms with E-state index in [4.69, 9.17) is 5.14 Å². The van der Waals surface area contributed by atoms with E-state index >= 15 is 0 Å². The highest BCUT2D eigenvalue weighted by molar-refractivity contribution is 7.84. The molecule has 2 N–H and O–H groups in total. The Labute approximate surface area is 207 Å². The zero-order valence-electron chi connectivity index (χ0n) is 19.5. The van der Waals surface area contributed by atoms with Crippen LogP contribution >= 0.6 is 0 Å². The van der Waals surface area contributed by atoms with Gasteiger partial charge in [0.1, 0.15) is 17.4 Å². The lowest BCUT2D eigenvalue weighted by Gasteiger charge is -2.41. The first-order valence-electron chi connectivity index (χ1n) is 10.9. The Kier molecular flexibility index (Phi) is 8.20. The van der Waals surface area contributed by atoms with Crippen molar-refractivity contribution >= 4 is 11.0 Å². The highest BCUT2D eigenvalue weighted by atomic mass is 32.2. The van der Waals surface area contributed by atoms with Gasteiger partial charge < -0.3 is 4.74 Å². The van der Waals surface area contributed by atoms with Crippen molar-refractivity contribution in [2.45, 2.75) is 49.4 Å². The summed E-state index contributed by atoms with van der Waals surface area (Å²) in [6, 6.07) is 16.8. The predicted molar refractivity (Wildman–Crippen MR) is 126 cm³/mol. The quantitative estimate of drug-likeness (QED) is 0.304. The molecule has 194 valence electrons. The highest BCUT2D eigenvalue weighted by Crippen LogP contribution is 2.45. The Morgan fingerprint density at radius 3 is 2.06 bits per heavy atom. The minimum absolute atomic E-state index is 0.00221. The van der Waals surface area contributed by atoms with E-state index in [1.54, 1.807) is 44.2 Å². The fourth-order valence-electron chi connectivity index (χ4n) is 4.25. The van der Waals surface area contributed by atoms with Gasteiger partial charge in [0.25, 0.3) is 0 Å². The molecule has 0 spiro atoms. The highest BCUT2D eigenvalue weighted by Gasteiger charge is 2.45. The molecule has 0 aromatic heterocycles. The van der Waals surface area contributed by atoms with E-state index in [0.717, 1.165) is 17.7 Å². The fraction of sp³-hybridized carbons (Fsp3) is 0.308. The van der Waals surface area contributed by atoms with Gasteiger partial charge in [-0.05, 0) is 67.6 Å². The van der Waals surface area contributed by atoms with E-state index in [-0.39, 0.29) is 18.4 Å². The molecule has 0 fully saturated rings. The molecule has 0 aliphatic carbocycles. The van der Waals surface area contributed by atoms with Crippen molar-refractivity contribution in [1.29, 1.82) is 0 Å². The Morgan fingerprint density at radius 1 is 0.889 bits per heavy atom. The predicted octanol–water partition coefficient (Wildman–Crippen LogP) is 6.52. The molecule has 0 amide bonds. The second-order valence-electron chi connectivity index (χ2n) is 9.13. The van der Waals surface area contributed by atoms with Crippen LogP contribution in [0.5, 0.6) is 5.75 Å². The largest absolute Gasteiger partial charge is 0.461 e. The van der Waals surface area contributed by atoms with E-state index in [9.17, 15) is 30.6 Å². The zero-order chi connectivity index (χ0) is 26.7. The summed E-state index contributed by atoms with van der Waals surface area (Å²) in [6.45, 7) is 3.24. The van der Waals surface area contributed by atoms with Crippen molar-refractivity contribution in [3.63, 3.8) is 0 Å². The number of ether oxygens (including phenoxy) is 1. The Bertz CT molecular complexity index is 1200. The molecule has 0 radical (unpaired) electrons. The molecule has 36 heavy (non-hydrogen) atoms. The van der Waals surface area contributed by atoms with Gasteiger partial charge in [-0.15, -0.1) is 0 Å². The van der Waals surface area contributed by atoms with Crippen LogP contribution in [-0.2, 0) is 22.8 Å². The van der Waals surface area contributed by atoms with Gasteiger partial charge in [0.2, 0.25) is 0 Å². The van der Waals surface area contributed by atoms with E-state index < -0.39 is 51.1 Å². The van der Waals surface area contributed by atoms with Crippen molar-refractivity contribution < 1.29 is 35.3 Å². The minimum atomic E-state index is -4.86. The lowest BCUT2D eigenvalue weighted by molar-refractivity contribution is -0.253. The first kappa shape index (κ1) is 27.7. The summed E-state index contributed by atoms with van der Waals surface area (Å²) in [5.41, 5.74) is -0.0291. The molecule has 10 heteroatoms. The fourth-order valence-corrected chi connectivity index (χ4v) is 4.64. The maximum absolute atomic E-state index is 14.8. The molecule has 0 saturated heterocycles. The maximum atomic E-state index is 14.8. The summed E-state index contributed by atoms with van der Waals surface area (Å²) in [5.74, 6) is -2.38. The van der Waals surface area contributed by atoms with Gasteiger partial charge in [-0.2, -0.15) is 17.6 Å². The van der Waals surface area contributed by atoms with Crippen LogP contribution in [-0.4, -0.2) is 21.5 Å².